The summed E-state index contributed by atoms with van der Waals surface area (Å²) in [5, 5.41) is -0.161. The maximum Gasteiger partial charge on any atom is 0.217 e. The molecule has 18 heavy (non-hydrogen) atoms. The van der Waals surface area contributed by atoms with E-state index in [0.717, 1.165) is 28.6 Å². The summed E-state index contributed by atoms with van der Waals surface area (Å²) in [6.45, 7) is 1.26. The maximum absolute atomic E-state index is 12.3. The Morgan fingerprint density at radius 2 is 2.11 bits per heavy atom. The lowest BCUT2D eigenvalue weighted by molar-refractivity contribution is 0.292. The first kappa shape index (κ1) is 12.4. The Bertz CT molecular complexity index is 569. The molecule has 1 saturated carbocycles. The van der Waals surface area contributed by atoms with E-state index in [9.17, 15) is 8.42 Å². The van der Waals surface area contributed by atoms with Gasteiger partial charge < -0.3 is 4.74 Å². The van der Waals surface area contributed by atoms with Crippen LogP contribution in [-0.2, 0) is 16.6 Å². The number of hydrogen-bond acceptors (Lipinski definition) is 3. The van der Waals surface area contributed by atoms with Crippen LogP contribution in [0.15, 0.2) is 22.7 Å². The molecule has 98 valence electrons. The van der Waals surface area contributed by atoms with Gasteiger partial charge in [0.2, 0.25) is 10.0 Å². The van der Waals surface area contributed by atoms with Crippen molar-refractivity contribution < 1.29 is 13.2 Å². The number of sulfonamides is 1. The third kappa shape index (κ3) is 2.29. The second-order valence-corrected chi connectivity index (χ2v) is 7.81. The number of fused-ring (bicyclic) bond motifs is 1. The number of rotatable bonds is 2. The van der Waals surface area contributed by atoms with Crippen LogP contribution in [0.25, 0.3) is 0 Å². The first-order chi connectivity index (χ1) is 8.57. The molecule has 2 aliphatic rings. The molecule has 0 spiro atoms. The quantitative estimate of drug-likeness (QED) is 0.834. The van der Waals surface area contributed by atoms with Gasteiger partial charge in [-0.05, 0) is 31.0 Å². The zero-order valence-corrected chi connectivity index (χ0v) is 12.2. The molecular formula is C12H14BrNO3S. The Labute approximate surface area is 115 Å². The number of hydrogen-bond donors (Lipinski definition) is 0. The van der Waals surface area contributed by atoms with E-state index in [1.807, 2.05) is 18.2 Å². The Morgan fingerprint density at radius 1 is 1.33 bits per heavy atom. The second-order valence-electron chi connectivity index (χ2n) is 4.68. The molecule has 0 aromatic heterocycles. The summed E-state index contributed by atoms with van der Waals surface area (Å²) >= 11 is 3.40. The van der Waals surface area contributed by atoms with Crippen LogP contribution in [0, 0.1) is 0 Å². The van der Waals surface area contributed by atoms with Gasteiger partial charge >= 0.3 is 0 Å². The Hall–Kier alpha value is -0.590. The molecule has 1 aliphatic carbocycles. The molecule has 1 aliphatic heterocycles. The van der Waals surface area contributed by atoms with Gasteiger partial charge in [-0.25, -0.2) is 8.42 Å². The first-order valence-corrected chi connectivity index (χ1v) is 8.27. The molecule has 1 heterocycles. The normalized spacial score (nSPS) is 20.9. The summed E-state index contributed by atoms with van der Waals surface area (Å²) in [4.78, 5) is 0. The smallest absolute Gasteiger partial charge is 0.217 e. The number of benzene rings is 1. The fourth-order valence-electron chi connectivity index (χ4n) is 2.13. The van der Waals surface area contributed by atoms with Crippen LogP contribution < -0.4 is 4.74 Å². The van der Waals surface area contributed by atoms with Gasteiger partial charge in [-0.1, -0.05) is 15.9 Å². The third-order valence-electron chi connectivity index (χ3n) is 3.27. The van der Waals surface area contributed by atoms with Crippen molar-refractivity contribution in [1.82, 2.24) is 4.31 Å². The highest BCUT2D eigenvalue weighted by Gasteiger charge is 2.40. The van der Waals surface area contributed by atoms with E-state index in [2.05, 4.69) is 15.9 Å². The van der Waals surface area contributed by atoms with Gasteiger partial charge in [0.05, 0.1) is 5.25 Å². The minimum absolute atomic E-state index is 0.161. The van der Waals surface area contributed by atoms with Crippen molar-refractivity contribution in [3.05, 3.63) is 28.2 Å². The molecule has 4 nitrogen and oxygen atoms in total. The number of nitrogens with zero attached hydrogens (tertiary/aromatic N) is 1. The Morgan fingerprint density at radius 3 is 2.83 bits per heavy atom. The van der Waals surface area contributed by atoms with Crippen molar-refractivity contribution in [3.8, 4) is 5.75 Å². The van der Waals surface area contributed by atoms with Crippen molar-refractivity contribution in [2.45, 2.75) is 24.6 Å². The molecule has 6 heteroatoms. The molecule has 0 saturated heterocycles. The molecule has 0 unspecified atom stereocenters. The summed E-state index contributed by atoms with van der Waals surface area (Å²) in [5.74, 6) is 0.784. The highest BCUT2D eigenvalue weighted by Crippen LogP contribution is 2.34. The van der Waals surface area contributed by atoms with E-state index >= 15 is 0 Å². The average Bonchev–Trinajstić information content (AvgIpc) is 3.15. The molecule has 1 aromatic rings. The van der Waals surface area contributed by atoms with Gasteiger partial charge in [-0.15, -0.1) is 0 Å². The van der Waals surface area contributed by atoms with Crippen LogP contribution in [0.4, 0.5) is 0 Å². The minimum Gasteiger partial charge on any atom is -0.492 e. The topological polar surface area (TPSA) is 46.6 Å². The van der Waals surface area contributed by atoms with E-state index in [0.29, 0.717) is 19.7 Å². The van der Waals surface area contributed by atoms with Crippen LogP contribution in [0.1, 0.15) is 18.4 Å². The molecule has 0 amide bonds. The van der Waals surface area contributed by atoms with Crippen LogP contribution >= 0.6 is 15.9 Å². The molecule has 0 atom stereocenters. The highest BCUT2D eigenvalue weighted by atomic mass is 79.9. The minimum atomic E-state index is -3.13. The lowest BCUT2D eigenvalue weighted by atomic mass is 10.2. The summed E-state index contributed by atoms with van der Waals surface area (Å²) in [6.07, 6.45) is 1.59. The number of halogens is 1. The van der Waals surface area contributed by atoms with E-state index in [1.165, 1.54) is 0 Å². The summed E-state index contributed by atoms with van der Waals surface area (Å²) < 4.78 is 32.6. The van der Waals surface area contributed by atoms with E-state index in [1.54, 1.807) is 4.31 Å². The molecule has 1 fully saturated rings. The average molecular weight is 332 g/mol. The van der Waals surface area contributed by atoms with Crippen molar-refractivity contribution in [1.29, 1.82) is 0 Å². The number of ether oxygens (including phenoxy) is 1. The SMILES string of the molecule is O=S(=O)(C1CC1)N1CCOc2ccc(Br)cc2C1. The Kier molecular flexibility index (Phi) is 3.11. The van der Waals surface area contributed by atoms with Gasteiger partial charge in [0.15, 0.2) is 0 Å². The van der Waals surface area contributed by atoms with Crippen molar-refractivity contribution >= 4 is 26.0 Å². The van der Waals surface area contributed by atoms with Gasteiger partial charge in [0, 0.05) is 23.1 Å². The summed E-state index contributed by atoms with van der Waals surface area (Å²) in [5.41, 5.74) is 0.922. The van der Waals surface area contributed by atoms with E-state index in [4.69, 9.17) is 4.74 Å². The van der Waals surface area contributed by atoms with E-state index < -0.39 is 10.0 Å². The maximum atomic E-state index is 12.3. The van der Waals surface area contributed by atoms with Gasteiger partial charge in [-0.2, -0.15) is 4.31 Å². The van der Waals surface area contributed by atoms with Crippen molar-refractivity contribution in [2.75, 3.05) is 13.2 Å². The molecular weight excluding hydrogens is 318 g/mol. The molecule has 3 rings (SSSR count). The van der Waals surface area contributed by atoms with Crippen LogP contribution in [0.5, 0.6) is 5.75 Å². The molecule has 1 aromatic carbocycles. The van der Waals surface area contributed by atoms with Crippen molar-refractivity contribution in [2.24, 2.45) is 0 Å². The van der Waals surface area contributed by atoms with Crippen molar-refractivity contribution in [3.63, 3.8) is 0 Å². The van der Waals surface area contributed by atoms with Gasteiger partial charge in [-0.3, -0.25) is 0 Å². The molecule has 0 bridgehead atoms. The van der Waals surface area contributed by atoms with Crippen LogP contribution in [0.2, 0.25) is 0 Å². The van der Waals surface area contributed by atoms with Gasteiger partial charge in [0.1, 0.15) is 12.4 Å². The highest BCUT2D eigenvalue weighted by molar-refractivity contribution is 9.10. The standard InChI is InChI=1S/C12H14BrNO3S/c13-10-1-4-12-9(7-10)8-14(5-6-17-12)18(15,16)11-2-3-11/h1,4,7,11H,2-3,5-6,8H2. The van der Waals surface area contributed by atoms with Crippen LogP contribution in [0.3, 0.4) is 0 Å². The monoisotopic (exact) mass is 331 g/mol. The van der Waals surface area contributed by atoms with Gasteiger partial charge in [0.25, 0.3) is 0 Å². The fourth-order valence-corrected chi connectivity index (χ4v) is 4.34. The predicted molar refractivity (Wildman–Crippen MR) is 72.0 cm³/mol. The first-order valence-electron chi connectivity index (χ1n) is 5.97. The Balaban J connectivity index is 1.92. The fraction of sp³-hybridized carbons (Fsp3) is 0.500. The largest absolute Gasteiger partial charge is 0.492 e. The zero-order chi connectivity index (χ0) is 12.8. The lowest BCUT2D eigenvalue weighted by Crippen LogP contribution is -2.34. The zero-order valence-electron chi connectivity index (χ0n) is 9.80. The summed E-state index contributed by atoms with van der Waals surface area (Å²) in [6, 6.07) is 5.71. The molecule has 0 N–H and O–H groups in total. The molecule has 0 radical (unpaired) electrons. The summed E-state index contributed by atoms with van der Waals surface area (Å²) in [7, 11) is -3.13. The van der Waals surface area contributed by atoms with Crippen LogP contribution in [-0.4, -0.2) is 31.1 Å². The van der Waals surface area contributed by atoms with E-state index in [-0.39, 0.29) is 5.25 Å². The third-order valence-corrected chi connectivity index (χ3v) is 6.11. The lowest BCUT2D eigenvalue weighted by Gasteiger charge is -2.19. The second kappa shape index (κ2) is 4.51. The predicted octanol–water partition coefficient (Wildman–Crippen LogP) is 2.14.